The predicted octanol–water partition coefficient (Wildman–Crippen LogP) is 0.924. The van der Waals surface area contributed by atoms with Crippen molar-refractivity contribution in [3.05, 3.63) is 64.2 Å². The number of phenolic OH excluding ortho intramolecular Hbond substituents is 1. The fourth-order valence-corrected chi connectivity index (χ4v) is 2.50. The third-order valence-corrected chi connectivity index (χ3v) is 4.01. The molecule has 2 aromatic carbocycles. The van der Waals surface area contributed by atoms with Crippen molar-refractivity contribution in [3.63, 3.8) is 0 Å². The summed E-state index contributed by atoms with van der Waals surface area (Å²) in [6, 6.07) is 9.52. The molecule has 0 fully saturated rings. The fourth-order valence-electron chi connectivity index (χ4n) is 1.62. The summed E-state index contributed by atoms with van der Waals surface area (Å²) in [5.41, 5.74) is 1.70. The topological polar surface area (TPSA) is 139 Å². The highest BCUT2D eigenvalue weighted by atomic mass is 32.2. The van der Waals surface area contributed by atoms with E-state index in [9.17, 15) is 23.3 Å². The van der Waals surface area contributed by atoms with Crippen molar-refractivity contribution in [2.45, 2.75) is 4.90 Å². The zero-order valence-electron chi connectivity index (χ0n) is 11.5. The molecule has 0 radical (unpaired) electrons. The average Bonchev–Trinajstić information content (AvgIpc) is 2.53. The lowest BCUT2D eigenvalue weighted by atomic mass is 10.2. The summed E-state index contributed by atoms with van der Waals surface area (Å²) in [6.45, 7) is 0. The Morgan fingerprint density at radius 2 is 1.78 bits per heavy atom. The van der Waals surface area contributed by atoms with Gasteiger partial charge in [-0.2, -0.15) is 0 Å². The van der Waals surface area contributed by atoms with E-state index in [2.05, 4.69) is 0 Å². The van der Waals surface area contributed by atoms with Crippen molar-refractivity contribution >= 4 is 21.6 Å². The van der Waals surface area contributed by atoms with Crippen LogP contribution in [0.25, 0.3) is 0 Å². The lowest BCUT2D eigenvalue weighted by Gasteiger charge is -2.08. The number of rotatable bonds is 5. The van der Waals surface area contributed by atoms with Crippen LogP contribution in [-0.2, 0) is 10.0 Å². The number of aromatic hydroxyl groups is 1. The van der Waals surface area contributed by atoms with Crippen LogP contribution in [-0.4, -0.2) is 24.4 Å². The molecular formula is C13H11N3O6S. The number of nitro groups is 1. The van der Waals surface area contributed by atoms with Gasteiger partial charge in [0.05, 0.1) is 9.82 Å². The summed E-state index contributed by atoms with van der Waals surface area (Å²) in [4.78, 5) is 23.2. The number of carbonyl (C=O) groups excluding carboxylic acids is 1. The quantitative estimate of drug-likeness (QED) is 0.548. The molecule has 2 rings (SSSR count). The average molecular weight is 337 g/mol. The number of nitro benzene ring substituents is 1. The molecule has 0 aliphatic carbocycles. The van der Waals surface area contributed by atoms with Crippen molar-refractivity contribution in [3.8, 4) is 5.75 Å². The lowest BCUT2D eigenvalue weighted by molar-refractivity contribution is -0.385. The van der Waals surface area contributed by atoms with Crippen LogP contribution < -0.4 is 10.3 Å². The van der Waals surface area contributed by atoms with Crippen molar-refractivity contribution in [2.24, 2.45) is 0 Å². The zero-order chi connectivity index (χ0) is 17.0. The maximum atomic E-state index is 12.0. The molecule has 0 aromatic heterocycles. The number of sulfonamides is 1. The molecule has 9 nitrogen and oxygen atoms in total. The minimum atomic E-state index is -4.16. The Balaban J connectivity index is 2.12. The number of hydrogen-bond donors (Lipinski definition) is 3. The van der Waals surface area contributed by atoms with Crippen molar-refractivity contribution < 1.29 is 23.2 Å². The second-order valence-corrected chi connectivity index (χ2v) is 6.04. The van der Waals surface area contributed by atoms with E-state index in [0.29, 0.717) is 0 Å². The van der Waals surface area contributed by atoms with Gasteiger partial charge in [0.1, 0.15) is 5.75 Å². The minimum Gasteiger partial charge on any atom is -0.508 e. The monoisotopic (exact) mass is 337 g/mol. The maximum Gasteiger partial charge on any atom is 0.270 e. The van der Waals surface area contributed by atoms with Gasteiger partial charge in [0, 0.05) is 17.7 Å². The second-order valence-electron chi connectivity index (χ2n) is 4.36. The Kier molecular flexibility index (Phi) is 4.57. The molecule has 120 valence electrons. The molecule has 0 unspecified atom stereocenters. The van der Waals surface area contributed by atoms with E-state index in [-0.39, 0.29) is 16.2 Å². The van der Waals surface area contributed by atoms with Gasteiger partial charge in [-0.1, -0.05) is 6.07 Å². The lowest BCUT2D eigenvalue weighted by Crippen LogP contribution is -2.41. The van der Waals surface area contributed by atoms with E-state index in [1.165, 1.54) is 30.3 Å². The van der Waals surface area contributed by atoms with Crippen molar-refractivity contribution in [1.29, 1.82) is 0 Å². The molecule has 0 aliphatic heterocycles. The highest BCUT2D eigenvalue weighted by molar-refractivity contribution is 7.89. The zero-order valence-corrected chi connectivity index (χ0v) is 12.3. The van der Waals surface area contributed by atoms with Gasteiger partial charge in [-0.25, -0.2) is 8.42 Å². The van der Waals surface area contributed by atoms with Crippen molar-refractivity contribution in [2.75, 3.05) is 0 Å². The van der Waals surface area contributed by atoms with Crippen LogP contribution in [0, 0.1) is 10.1 Å². The van der Waals surface area contributed by atoms with Crippen LogP contribution in [0.4, 0.5) is 5.69 Å². The van der Waals surface area contributed by atoms with Crippen LogP contribution in [0.15, 0.2) is 53.4 Å². The van der Waals surface area contributed by atoms with Crippen LogP contribution in [0.3, 0.4) is 0 Å². The number of benzene rings is 2. The normalized spacial score (nSPS) is 11.0. The summed E-state index contributed by atoms with van der Waals surface area (Å²) in [5, 5.41) is 19.8. The number of amides is 1. The molecule has 0 bridgehead atoms. The van der Waals surface area contributed by atoms with Crippen LogP contribution in [0.5, 0.6) is 5.75 Å². The van der Waals surface area contributed by atoms with Gasteiger partial charge >= 0.3 is 0 Å². The van der Waals surface area contributed by atoms with Gasteiger partial charge in [0.2, 0.25) is 0 Å². The minimum absolute atomic E-state index is 0.0428. The third kappa shape index (κ3) is 4.02. The summed E-state index contributed by atoms with van der Waals surface area (Å²) in [7, 11) is -4.16. The molecule has 23 heavy (non-hydrogen) atoms. The van der Waals surface area contributed by atoms with Crippen molar-refractivity contribution in [1.82, 2.24) is 10.3 Å². The van der Waals surface area contributed by atoms with Gasteiger partial charge in [-0.05, 0) is 30.3 Å². The van der Waals surface area contributed by atoms with E-state index in [1.54, 1.807) is 0 Å². The maximum absolute atomic E-state index is 12.0. The highest BCUT2D eigenvalue weighted by Crippen LogP contribution is 2.16. The standard InChI is InChI=1S/C13H11N3O6S/c17-11-6-4-9(5-7-11)13(18)14-15-23(21,22)12-3-1-2-10(8-12)16(19)20/h1-8,15,17H,(H,14,18). The Morgan fingerprint density at radius 1 is 1.13 bits per heavy atom. The largest absolute Gasteiger partial charge is 0.508 e. The first-order chi connectivity index (χ1) is 10.8. The predicted molar refractivity (Wildman–Crippen MR) is 79.0 cm³/mol. The molecule has 3 N–H and O–H groups in total. The van der Waals surface area contributed by atoms with Gasteiger partial charge in [-0.3, -0.25) is 20.3 Å². The van der Waals surface area contributed by atoms with E-state index in [1.807, 2.05) is 10.3 Å². The van der Waals surface area contributed by atoms with E-state index < -0.39 is 26.5 Å². The number of phenols is 1. The number of carbonyl (C=O) groups is 1. The van der Waals surface area contributed by atoms with Gasteiger partial charge in [-0.15, -0.1) is 4.83 Å². The molecule has 0 saturated carbocycles. The summed E-state index contributed by atoms with van der Waals surface area (Å²) in [6.07, 6.45) is 0. The summed E-state index contributed by atoms with van der Waals surface area (Å²) in [5.74, 6) is -0.794. The van der Waals surface area contributed by atoms with E-state index in [0.717, 1.165) is 18.2 Å². The SMILES string of the molecule is O=C(NNS(=O)(=O)c1cccc([N+](=O)[O-])c1)c1ccc(O)cc1. The van der Waals surface area contributed by atoms with Gasteiger partial charge in [0.15, 0.2) is 0 Å². The summed E-state index contributed by atoms with van der Waals surface area (Å²) < 4.78 is 24.0. The number of hydrogen-bond acceptors (Lipinski definition) is 6. The number of nitrogens with zero attached hydrogens (tertiary/aromatic N) is 1. The van der Waals surface area contributed by atoms with E-state index >= 15 is 0 Å². The molecule has 0 spiro atoms. The molecule has 0 aliphatic rings. The Hall–Kier alpha value is -2.98. The third-order valence-electron chi connectivity index (χ3n) is 2.77. The fraction of sp³-hybridized carbons (Fsp3) is 0. The first-order valence-electron chi connectivity index (χ1n) is 6.15. The van der Waals surface area contributed by atoms with E-state index in [4.69, 9.17) is 5.11 Å². The summed E-state index contributed by atoms with van der Waals surface area (Å²) >= 11 is 0. The Morgan fingerprint density at radius 3 is 2.39 bits per heavy atom. The smallest absolute Gasteiger partial charge is 0.270 e. The Bertz CT molecular complexity index is 848. The molecule has 1 amide bonds. The number of hydrazine groups is 1. The highest BCUT2D eigenvalue weighted by Gasteiger charge is 2.18. The molecule has 2 aromatic rings. The first kappa shape index (κ1) is 16.4. The first-order valence-corrected chi connectivity index (χ1v) is 7.63. The number of non-ortho nitro benzene ring substituents is 1. The second kappa shape index (κ2) is 6.42. The molecule has 0 atom stereocenters. The molecule has 0 saturated heterocycles. The molecular weight excluding hydrogens is 326 g/mol. The molecule has 10 heteroatoms. The van der Waals surface area contributed by atoms with Gasteiger partial charge < -0.3 is 5.11 Å². The van der Waals surface area contributed by atoms with Crippen LogP contribution in [0.1, 0.15) is 10.4 Å². The number of nitrogens with one attached hydrogen (secondary N) is 2. The van der Waals surface area contributed by atoms with Gasteiger partial charge in [0.25, 0.3) is 21.6 Å². The Labute approximate surface area is 130 Å². The molecule has 0 heterocycles. The van der Waals surface area contributed by atoms with Crippen LogP contribution in [0.2, 0.25) is 0 Å². The van der Waals surface area contributed by atoms with Crippen LogP contribution >= 0.6 is 0 Å².